The molecular weight excluding hydrogens is 295 g/mol. The Morgan fingerprint density at radius 1 is 1.13 bits per heavy atom. The van der Waals surface area contributed by atoms with Gasteiger partial charge in [0.15, 0.2) is 0 Å². The Kier molecular flexibility index (Phi) is 3.33. The maximum absolute atomic E-state index is 15.1. The van der Waals surface area contributed by atoms with Crippen molar-refractivity contribution < 1.29 is 19.4 Å². The summed E-state index contributed by atoms with van der Waals surface area (Å²) in [6.45, 7) is 4.13. The molecule has 4 aliphatic carbocycles. The molecule has 8 atom stereocenters. The molecule has 2 N–H and O–H groups in total. The summed E-state index contributed by atoms with van der Waals surface area (Å²) in [4.78, 5) is 12.4. The molecule has 0 spiro atoms. The van der Waals surface area contributed by atoms with Crippen LogP contribution in [0.25, 0.3) is 0 Å². The van der Waals surface area contributed by atoms with Gasteiger partial charge in [-0.05, 0) is 56.3 Å². The van der Waals surface area contributed by atoms with E-state index in [1.165, 1.54) is 0 Å². The molecule has 4 fully saturated rings. The monoisotopic (exact) mass is 324 g/mol. The highest BCUT2D eigenvalue weighted by Gasteiger charge is 2.67. The van der Waals surface area contributed by atoms with Crippen LogP contribution in [-0.2, 0) is 4.79 Å². The number of carbonyl (C=O) groups excluding carboxylic acids is 1. The van der Waals surface area contributed by atoms with Crippen LogP contribution in [0.1, 0.15) is 65.2 Å². The normalized spacial score (nSPS) is 59.2. The fraction of sp³-hybridized carbons (Fsp3) is 0.947. The number of halogens is 1. The van der Waals surface area contributed by atoms with Crippen molar-refractivity contribution in [2.24, 2.45) is 28.6 Å². The Hall–Kier alpha value is -0.480. The molecule has 0 saturated heterocycles. The van der Waals surface area contributed by atoms with Crippen LogP contribution in [0.3, 0.4) is 0 Å². The quantitative estimate of drug-likeness (QED) is 0.720. The van der Waals surface area contributed by atoms with E-state index in [-0.39, 0.29) is 29.6 Å². The number of carbonyl (C=O) groups is 1. The van der Waals surface area contributed by atoms with Gasteiger partial charge < -0.3 is 10.2 Å². The number of ketones is 1. The van der Waals surface area contributed by atoms with Crippen molar-refractivity contribution in [1.29, 1.82) is 0 Å². The van der Waals surface area contributed by atoms with Crippen molar-refractivity contribution in [2.75, 3.05) is 0 Å². The van der Waals surface area contributed by atoms with E-state index in [4.69, 9.17) is 0 Å². The van der Waals surface area contributed by atoms with Gasteiger partial charge in [0.1, 0.15) is 17.6 Å². The summed E-state index contributed by atoms with van der Waals surface area (Å²) < 4.78 is 15.1. The molecule has 4 saturated carbocycles. The Labute approximate surface area is 137 Å². The molecule has 0 bridgehead atoms. The molecule has 0 aromatic heterocycles. The molecule has 0 radical (unpaired) electrons. The standard InChI is InChI=1S/C19H29FO3/c1-17-7-6-14-12(13(17)3-4-16(17)22)9-15(20)19(23)10-11(21)5-8-18(14,19)2/h11-15,21,23H,3-10H2,1-2H3/t11-,12-,13-,14-,15?,17-,18+,19?/m0/s1. The number of fused-ring (bicyclic) bond motifs is 5. The predicted molar refractivity (Wildman–Crippen MR) is 84.5 cm³/mol. The van der Waals surface area contributed by atoms with E-state index in [1.54, 1.807) is 0 Å². The Balaban J connectivity index is 1.72. The van der Waals surface area contributed by atoms with E-state index in [0.29, 0.717) is 31.5 Å². The first-order valence-electron chi connectivity index (χ1n) is 9.30. The first-order chi connectivity index (χ1) is 10.7. The topological polar surface area (TPSA) is 57.5 Å². The fourth-order valence-electron chi connectivity index (χ4n) is 6.98. The van der Waals surface area contributed by atoms with Gasteiger partial charge in [-0.1, -0.05) is 13.8 Å². The minimum absolute atomic E-state index is 0.161. The molecule has 4 rings (SSSR count). The number of aliphatic hydroxyl groups is 2. The summed E-state index contributed by atoms with van der Waals surface area (Å²) in [5.41, 5.74) is -2.13. The number of aliphatic hydroxyl groups excluding tert-OH is 1. The number of hydrogen-bond donors (Lipinski definition) is 2. The SMILES string of the molecule is C[C@]12CC[C@H]3[C@@H](CC(F)C4(O)C[C@@H](O)CC[C@]34C)[C@@H]1CCC2=O. The van der Waals surface area contributed by atoms with Gasteiger partial charge in [0.25, 0.3) is 0 Å². The van der Waals surface area contributed by atoms with E-state index >= 15 is 4.39 Å². The minimum Gasteiger partial charge on any atom is -0.393 e. The first kappa shape index (κ1) is 16.0. The average Bonchev–Trinajstić information content (AvgIpc) is 2.79. The number of hydrogen-bond acceptors (Lipinski definition) is 3. The number of rotatable bonds is 0. The third-order valence-electron chi connectivity index (χ3n) is 8.49. The van der Waals surface area contributed by atoms with Crippen LogP contribution >= 0.6 is 0 Å². The van der Waals surface area contributed by atoms with Gasteiger partial charge in [0.2, 0.25) is 0 Å². The van der Waals surface area contributed by atoms with Crippen molar-refractivity contribution in [3.8, 4) is 0 Å². The summed E-state index contributed by atoms with van der Waals surface area (Å²) in [5, 5.41) is 21.2. The molecule has 0 amide bonds. The molecule has 3 nitrogen and oxygen atoms in total. The van der Waals surface area contributed by atoms with Crippen LogP contribution in [0.5, 0.6) is 0 Å². The maximum atomic E-state index is 15.1. The molecule has 0 aliphatic heterocycles. The zero-order valence-electron chi connectivity index (χ0n) is 14.2. The lowest BCUT2D eigenvalue weighted by Crippen LogP contribution is -2.67. The zero-order valence-corrected chi connectivity index (χ0v) is 14.2. The molecule has 4 heteroatoms. The van der Waals surface area contributed by atoms with Gasteiger partial charge in [-0.2, -0.15) is 0 Å². The second-order valence-electron chi connectivity index (χ2n) is 9.24. The predicted octanol–water partition coefficient (Wildman–Crippen LogP) is 3.02. The summed E-state index contributed by atoms with van der Waals surface area (Å²) in [5.74, 6) is 1.12. The lowest BCUT2D eigenvalue weighted by atomic mass is 9.43. The van der Waals surface area contributed by atoms with Gasteiger partial charge in [-0.3, -0.25) is 4.79 Å². The molecule has 0 aromatic rings. The van der Waals surface area contributed by atoms with Crippen molar-refractivity contribution >= 4 is 5.78 Å². The summed E-state index contributed by atoms with van der Waals surface area (Å²) in [6, 6.07) is 0. The van der Waals surface area contributed by atoms with Gasteiger partial charge in [-0.15, -0.1) is 0 Å². The van der Waals surface area contributed by atoms with E-state index in [1.807, 2.05) is 6.92 Å². The van der Waals surface area contributed by atoms with E-state index in [9.17, 15) is 15.0 Å². The largest absolute Gasteiger partial charge is 0.393 e. The Morgan fingerprint density at radius 2 is 1.87 bits per heavy atom. The highest BCUT2D eigenvalue weighted by atomic mass is 19.1. The van der Waals surface area contributed by atoms with Crippen molar-refractivity contribution in [3.63, 3.8) is 0 Å². The Morgan fingerprint density at radius 3 is 2.61 bits per heavy atom. The highest BCUT2D eigenvalue weighted by Crippen LogP contribution is 2.66. The molecule has 23 heavy (non-hydrogen) atoms. The average molecular weight is 324 g/mol. The molecule has 0 heterocycles. The first-order valence-corrected chi connectivity index (χ1v) is 9.30. The van der Waals surface area contributed by atoms with Crippen LogP contribution in [0, 0.1) is 28.6 Å². The van der Waals surface area contributed by atoms with Crippen molar-refractivity contribution in [2.45, 2.75) is 83.1 Å². The fourth-order valence-corrected chi connectivity index (χ4v) is 6.98. The zero-order chi connectivity index (χ0) is 16.6. The second kappa shape index (κ2) is 4.78. The summed E-state index contributed by atoms with van der Waals surface area (Å²) in [7, 11) is 0. The van der Waals surface area contributed by atoms with Gasteiger partial charge >= 0.3 is 0 Å². The maximum Gasteiger partial charge on any atom is 0.139 e. The highest BCUT2D eigenvalue weighted by molar-refractivity contribution is 5.87. The summed E-state index contributed by atoms with van der Waals surface area (Å²) >= 11 is 0. The third kappa shape index (κ3) is 1.85. The molecule has 130 valence electrons. The van der Waals surface area contributed by atoms with Crippen LogP contribution in [0.2, 0.25) is 0 Å². The molecular formula is C19H29FO3. The Bertz CT molecular complexity index is 537. The van der Waals surface area contributed by atoms with Crippen molar-refractivity contribution in [3.05, 3.63) is 0 Å². The minimum atomic E-state index is -1.40. The van der Waals surface area contributed by atoms with Crippen LogP contribution in [-0.4, -0.2) is 33.9 Å². The van der Waals surface area contributed by atoms with Crippen LogP contribution < -0.4 is 0 Å². The van der Waals surface area contributed by atoms with Crippen LogP contribution in [0.15, 0.2) is 0 Å². The summed E-state index contributed by atoms with van der Waals surface area (Å²) in [6.07, 6.45) is 3.28. The smallest absolute Gasteiger partial charge is 0.139 e. The molecule has 0 aromatic carbocycles. The van der Waals surface area contributed by atoms with E-state index in [0.717, 1.165) is 19.3 Å². The second-order valence-corrected chi connectivity index (χ2v) is 9.24. The lowest BCUT2D eigenvalue weighted by molar-refractivity contribution is -0.247. The third-order valence-corrected chi connectivity index (χ3v) is 8.49. The number of alkyl halides is 1. The lowest BCUT2D eigenvalue weighted by Gasteiger charge is -2.64. The van der Waals surface area contributed by atoms with Gasteiger partial charge in [-0.25, -0.2) is 4.39 Å². The number of Topliss-reactive ketones (excluding diaryl/α,β-unsaturated/α-hetero) is 1. The molecule has 2 unspecified atom stereocenters. The van der Waals surface area contributed by atoms with E-state index in [2.05, 4.69) is 6.92 Å². The molecule has 4 aliphatic rings. The van der Waals surface area contributed by atoms with Gasteiger partial charge in [0, 0.05) is 23.7 Å². The van der Waals surface area contributed by atoms with Gasteiger partial charge in [0.05, 0.1) is 6.10 Å². The van der Waals surface area contributed by atoms with Crippen LogP contribution in [0.4, 0.5) is 4.39 Å². The van der Waals surface area contributed by atoms with E-state index < -0.39 is 23.3 Å². The van der Waals surface area contributed by atoms with Crippen molar-refractivity contribution in [1.82, 2.24) is 0 Å².